The Morgan fingerprint density at radius 1 is 1.09 bits per heavy atom. The Hall–Kier alpha value is -3.17. The lowest BCUT2D eigenvalue weighted by Crippen LogP contribution is -2.48. The molecule has 3 aromatic carbocycles. The van der Waals surface area contributed by atoms with Crippen LogP contribution in [0.4, 0.5) is 23.2 Å². The van der Waals surface area contributed by atoms with Crippen molar-refractivity contribution in [2.24, 2.45) is 0 Å². The average Bonchev–Trinajstić information content (AvgIpc) is 3.40. The summed E-state index contributed by atoms with van der Waals surface area (Å²) >= 11 is 3.38. The van der Waals surface area contributed by atoms with Crippen molar-refractivity contribution in [3.05, 3.63) is 101 Å². The molecule has 0 saturated heterocycles. The maximum Gasteiger partial charge on any atom is 0.422 e. The number of halogens is 5. The summed E-state index contributed by atoms with van der Waals surface area (Å²) in [4.78, 5) is 1.78. The van der Waals surface area contributed by atoms with Crippen LogP contribution in [0.25, 0.3) is 16.6 Å². The van der Waals surface area contributed by atoms with Gasteiger partial charge in [-0.1, -0.05) is 34.1 Å². The van der Waals surface area contributed by atoms with Crippen LogP contribution < -0.4 is 4.90 Å². The molecule has 2 heterocycles. The lowest BCUT2D eigenvalue weighted by Gasteiger charge is -2.36. The number of aromatic nitrogens is 2. The number of anilines is 1. The molecule has 0 saturated carbocycles. The number of aliphatic hydroxyl groups is 1. The molecule has 2 unspecified atom stereocenters. The molecular weight excluding hydrogens is 526 g/mol. The first-order valence-electron chi connectivity index (χ1n) is 10.8. The molecular formula is C26H20BrF4N3O. The van der Waals surface area contributed by atoms with Gasteiger partial charge in [-0.3, -0.25) is 0 Å². The second-order valence-electron chi connectivity index (χ2n) is 8.52. The van der Waals surface area contributed by atoms with Gasteiger partial charge >= 0.3 is 6.18 Å². The highest BCUT2D eigenvalue weighted by molar-refractivity contribution is 9.10. The summed E-state index contributed by atoms with van der Waals surface area (Å²) in [5.74, 6) is -1.66. The van der Waals surface area contributed by atoms with Gasteiger partial charge in [-0.05, 0) is 59.7 Å². The molecule has 4 aromatic rings. The summed E-state index contributed by atoms with van der Waals surface area (Å²) in [6.07, 6.45) is -1.90. The third-order valence-corrected chi connectivity index (χ3v) is 6.97. The third kappa shape index (κ3) is 3.83. The van der Waals surface area contributed by atoms with E-state index in [9.17, 15) is 22.7 Å². The quantitative estimate of drug-likeness (QED) is 0.231. The van der Waals surface area contributed by atoms with Gasteiger partial charge in [0.1, 0.15) is 5.82 Å². The molecule has 0 bridgehead atoms. The molecule has 180 valence electrons. The van der Waals surface area contributed by atoms with E-state index in [1.54, 1.807) is 29.2 Å². The van der Waals surface area contributed by atoms with E-state index in [0.29, 0.717) is 34.4 Å². The number of hydrogen-bond acceptors (Lipinski definition) is 3. The predicted octanol–water partition coefficient (Wildman–Crippen LogP) is 6.47. The fourth-order valence-electron chi connectivity index (χ4n) is 4.81. The van der Waals surface area contributed by atoms with Crippen LogP contribution in [0, 0.1) is 5.82 Å². The first-order valence-corrected chi connectivity index (χ1v) is 11.6. The maximum atomic E-state index is 14.7. The lowest BCUT2D eigenvalue weighted by atomic mass is 9.77. The second-order valence-corrected chi connectivity index (χ2v) is 9.44. The van der Waals surface area contributed by atoms with Crippen molar-refractivity contribution in [2.75, 3.05) is 18.0 Å². The van der Waals surface area contributed by atoms with E-state index in [0.717, 1.165) is 4.47 Å². The van der Waals surface area contributed by atoms with E-state index in [2.05, 4.69) is 27.6 Å². The van der Waals surface area contributed by atoms with Crippen LogP contribution in [0.2, 0.25) is 0 Å². The molecule has 1 aliphatic heterocycles. The molecule has 0 fully saturated rings. The van der Waals surface area contributed by atoms with Crippen molar-refractivity contribution in [1.82, 2.24) is 9.78 Å². The smallest absolute Gasteiger partial charge is 0.376 e. The van der Waals surface area contributed by atoms with Gasteiger partial charge in [-0.15, -0.1) is 6.58 Å². The minimum atomic E-state index is -4.95. The van der Waals surface area contributed by atoms with Crippen LogP contribution in [0.1, 0.15) is 17.0 Å². The van der Waals surface area contributed by atoms with E-state index in [4.69, 9.17) is 0 Å². The van der Waals surface area contributed by atoms with Crippen LogP contribution in [0.5, 0.6) is 0 Å². The molecule has 0 spiro atoms. The van der Waals surface area contributed by atoms with Crippen molar-refractivity contribution < 1.29 is 22.7 Å². The first-order chi connectivity index (χ1) is 16.6. The Kier molecular flexibility index (Phi) is 5.72. The Balaban J connectivity index is 1.63. The number of rotatable bonds is 5. The van der Waals surface area contributed by atoms with Crippen LogP contribution in [0.15, 0.2) is 84.0 Å². The normalized spacial score (nSPS) is 17.4. The minimum Gasteiger partial charge on any atom is -0.376 e. The van der Waals surface area contributed by atoms with Gasteiger partial charge < -0.3 is 10.0 Å². The number of hydrogen-bond donors (Lipinski definition) is 1. The standard InChI is InChI=1S/C26H20BrF4N3O/c1-2-11-33-15-22(21-9-4-18(27)13-24(21)33)25(35,26(29,30)31)17-3-10-23-16(12-17)14-32-34(23)20-7-5-19(28)6-8-20/h2-10,12-14,22,35H,1,11,15H2. The summed E-state index contributed by atoms with van der Waals surface area (Å²) in [7, 11) is 0. The Bertz CT molecular complexity index is 1420. The van der Waals surface area contributed by atoms with E-state index >= 15 is 0 Å². The monoisotopic (exact) mass is 545 g/mol. The third-order valence-electron chi connectivity index (χ3n) is 6.48. The van der Waals surface area contributed by atoms with Crippen LogP contribution in [-0.4, -0.2) is 34.2 Å². The van der Waals surface area contributed by atoms with Crippen molar-refractivity contribution in [3.8, 4) is 5.69 Å². The number of benzene rings is 3. The number of fused-ring (bicyclic) bond motifs is 2. The van der Waals surface area contributed by atoms with Crippen LogP contribution in [0.3, 0.4) is 0 Å². The summed E-state index contributed by atoms with van der Waals surface area (Å²) in [6.45, 7) is 4.03. The topological polar surface area (TPSA) is 41.3 Å². The van der Waals surface area contributed by atoms with E-state index in [1.165, 1.54) is 53.3 Å². The fourth-order valence-corrected chi connectivity index (χ4v) is 5.16. The zero-order chi connectivity index (χ0) is 25.0. The molecule has 35 heavy (non-hydrogen) atoms. The highest BCUT2D eigenvalue weighted by Gasteiger charge is 2.62. The molecule has 2 atom stereocenters. The van der Waals surface area contributed by atoms with Crippen molar-refractivity contribution in [2.45, 2.75) is 17.7 Å². The molecule has 0 amide bonds. The van der Waals surface area contributed by atoms with Gasteiger partial charge in [-0.2, -0.15) is 18.3 Å². The van der Waals surface area contributed by atoms with Gasteiger partial charge in [0.15, 0.2) is 5.60 Å². The molecule has 1 aromatic heterocycles. The Morgan fingerprint density at radius 2 is 1.83 bits per heavy atom. The first kappa shape index (κ1) is 23.6. The van der Waals surface area contributed by atoms with E-state index in [-0.39, 0.29) is 12.1 Å². The highest BCUT2D eigenvalue weighted by atomic mass is 79.9. The summed E-state index contributed by atoms with van der Waals surface area (Å²) in [6, 6.07) is 14.8. The number of alkyl halides is 3. The largest absolute Gasteiger partial charge is 0.422 e. The van der Waals surface area contributed by atoms with Crippen molar-refractivity contribution >= 4 is 32.5 Å². The molecule has 9 heteroatoms. The van der Waals surface area contributed by atoms with Crippen molar-refractivity contribution in [3.63, 3.8) is 0 Å². The van der Waals surface area contributed by atoms with E-state index in [1.807, 2.05) is 0 Å². The predicted molar refractivity (Wildman–Crippen MR) is 130 cm³/mol. The van der Waals surface area contributed by atoms with Crippen LogP contribution in [-0.2, 0) is 5.60 Å². The van der Waals surface area contributed by atoms with Crippen molar-refractivity contribution in [1.29, 1.82) is 0 Å². The summed E-state index contributed by atoms with van der Waals surface area (Å²) in [5.41, 5.74) is -1.27. The van der Waals surface area contributed by atoms with Gasteiger partial charge in [0, 0.05) is 34.6 Å². The molecule has 0 aliphatic carbocycles. The molecule has 4 nitrogen and oxygen atoms in total. The maximum absolute atomic E-state index is 14.7. The van der Waals surface area contributed by atoms with Gasteiger partial charge in [-0.25, -0.2) is 9.07 Å². The molecule has 5 rings (SSSR count). The second kappa shape index (κ2) is 8.49. The Morgan fingerprint density at radius 3 is 2.51 bits per heavy atom. The summed E-state index contributed by atoms with van der Waals surface area (Å²) in [5, 5.41) is 16.2. The zero-order valence-corrected chi connectivity index (χ0v) is 19.9. The molecule has 1 N–H and O–H groups in total. The fraction of sp³-hybridized carbons (Fsp3) is 0.192. The zero-order valence-electron chi connectivity index (χ0n) is 18.3. The SMILES string of the molecule is C=CCN1CC(C(O)(c2ccc3c(cnn3-c3ccc(F)cc3)c2)C(F)(F)F)c2ccc(Br)cc21. The average molecular weight is 546 g/mol. The minimum absolute atomic E-state index is 0.0271. The highest BCUT2D eigenvalue weighted by Crippen LogP contribution is 2.54. The summed E-state index contributed by atoms with van der Waals surface area (Å²) < 4.78 is 59.6. The molecule has 1 aliphatic rings. The van der Waals surface area contributed by atoms with Gasteiger partial charge in [0.05, 0.1) is 17.4 Å². The Labute approximate surface area is 207 Å². The molecule has 0 radical (unpaired) electrons. The van der Waals surface area contributed by atoms with Gasteiger partial charge in [0.2, 0.25) is 0 Å². The van der Waals surface area contributed by atoms with Gasteiger partial charge in [0.25, 0.3) is 0 Å². The lowest BCUT2D eigenvalue weighted by molar-refractivity contribution is -0.274. The van der Waals surface area contributed by atoms with E-state index < -0.39 is 23.5 Å². The number of nitrogens with zero attached hydrogens (tertiary/aromatic N) is 3. The van der Waals surface area contributed by atoms with Crippen LogP contribution >= 0.6 is 15.9 Å².